The lowest BCUT2D eigenvalue weighted by atomic mass is 9.87. The molecule has 0 radical (unpaired) electrons. The van der Waals surface area contributed by atoms with Crippen molar-refractivity contribution in [1.82, 2.24) is 9.80 Å². The van der Waals surface area contributed by atoms with Gasteiger partial charge in [0.25, 0.3) is 0 Å². The molecule has 4 fully saturated rings. The summed E-state index contributed by atoms with van der Waals surface area (Å²) < 4.78 is 44.6. The molecule has 1 amide bonds. The smallest absolute Gasteiger partial charge is 0.410 e. The highest BCUT2D eigenvalue weighted by Crippen LogP contribution is 2.57. The molecule has 5 atom stereocenters. The third-order valence-corrected chi connectivity index (χ3v) is 10.2. The lowest BCUT2D eigenvalue weighted by Gasteiger charge is -2.26. The Morgan fingerprint density at radius 2 is 1.24 bits per heavy atom. The van der Waals surface area contributed by atoms with E-state index in [1.807, 2.05) is 48.5 Å². The molecular weight excluding hydrogens is 594 g/mol. The van der Waals surface area contributed by atoms with E-state index in [9.17, 15) is 23.2 Å². The number of halogens is 2. The molecular formula is C36H46F2N2O6. The number of likely N-dealkylation sites (tertiary alicyclic amines) is 2. The van der Waals surface area contributed by atoms with Gasteiger partial charge in [-0.2, -0.15) is 0 Å². The Hall–Kier alpha value is -3.53. The van der Waals surface area contributed by atoms with Gasteiger partial charge in [0.05, 0.1) is 30.6 Å². The first kappa shape index (κ1) is 33.8. The van der Waals surface area contributed by atoms with Crippen LogP contribution in [0.2, 0.25) is 0 Å². The molecule has 4 aliphatic rings. The molecule has 2 saturated carbocycles. The van der Waals surface area contributed by atoms with Crippen LogP contribution in [0.15, 0.2) is 60.7 Å². The zero-order valence-corrected chi connectivity index (χ0v) is 27.0. The molecule has 2 aromatic rings. The minimum absolute atomic E-state index is 0.0283. The quantitative estimate of drug-likeness (QED) is 0.223. The number of carbonyl (C=O) groups is 3. The van der Waals surface area contributed by atoms with Gasteiger partial charge in [0.15, 0.2) is 0 Å². The van der Waals surface area contributed by atoms with Crippen molar-refractivity contribution in [3.8, 4) is 0 Å². The lowest BCUT2D eigenvalue weighted by Crippen LogP contribution is -2.34. The zero-order valence-electron chi connectivity index (χ0n) is 27.0. The third-order valence-electron chi connectivity index (χ3n) is 10.2. The maximum Gasteiger partial charge on any atom is 0.410 e. The number of esters is 2. The Morgan fingerprint density at radius 1 is 0.739 bits per heavy atom. The summed E-state index contributed by atoms with van der Waals surface area (Å²) in [7, 11) is 0. The lowest BCUT2D eigenvalue weighted by molar-refractivity contribution is -0.153. The highest BCUT2D eigenvalue weighted by Gasteiger charge is 2.62. The van der Waals surface area contributed by atoms with Gasteiger partial charge in [0, 0.05) is 37.5 Å². The first-order valence-corrected chi connectivity index (χ1v) is 16.5. The maximum absolute atomic E-state index is 14.6. The number of amides is 1. The number of hydrogen-bond donors (Lipinski definition) is 0. The largest absolute Gasteiger partial charge is 0.466 e. The number of ether oxygens (including phenoxy) is 3. The van der Waals surface area contributed by atoms with Crippen LogP contribution in [-0.2, 0) is 30.4 Å². The van der Waals surface area contributed by atoms with Gasteiger partial charge in [-0.3, -0.25) is 14.5 Å². The summed E-state index contributed by atoms with van der Waals surface area (Å²) in [6.45, 7) is 7.67. The van der Waals surface area contributed by atoms with Gasteiger partial charge >= 0.3 is 18.0 Å². The molecule has 0 unspecified atom stereocenters. The second-order valence-electron chi connectivity index (χ2n) is 13.0. The minimum Gasteiger partial charge on any atom is -0.466 e. The summed E-state index contributed by atoms with van der Waals surface area (Å²) in [5, 5.41) is 0. The average Bonchev–Trinajstić information content (AvgIpc) is 3.98. The number of alkyl halides is 2. The Kier molecular flexibility index (Phi) is 10.7. The number of carbonyl (C=O) groups excluding carboxylic acids is 3. The van der Waals surface area contributed by atoms with E-state index in [4.69, 9.17) is 14.2 Å². The van der Waals surface area contributed by atoms with E-state index in [1.165, 1.54) is 10.5 Å². The molecule has 0 bridgehead atoms. The van der Waals surface area contributed by atoms with E-state index in [0.29, 0.717) is 32.5 Å². The highest BCUT2D eigenvalue weighted by atomic mass is 19.1. The van der Waals surface area contributed by atoms with Gasteiger partial charge < -0.3 is 19.1 Å². The molecule has 0 spiro atoms. The predicted octanol–water partition coefficient (Wildman–Crippen LogP) is 6.30. The molecule has 2 aliphatic heterocycles. The van der Waals surface area contributed by atoms with Crippen LogP contribution >= 0.6 is 0 Å². The fraction of sp³-hybridized carbons (Fsp3) is 0.583. The van der Waals surface area contributed by atoms with Gasteiger partial charge in [-0.1, -0.05) is 60.7 Å². The number of hydrogen-bond acceptors (Lipinski definition) is 7. The second kappa shape index (κ2) is 14.5. The Balaban J connectivity index is 0.000000182. The summed E-state index contributed by atoms with van der Waals surface area (Å²) in [6.07, 6.45) is 0.0886. The molecule has 2 aliphatic carbocycles. The molecule has 250 valence electrons. The van der Waals surface area contributed by atoms with E-state index in [1.54, 1.807) is 13.8 Å². The fourth-order valence-electron chi connectivity index (χ4n) is 7.09. The van der Waals surface area contributed by atoms with Crippen molar-refractivity contribution in [2.75, 3.05) is 39.4 Å². The summed E-state index contributed by atoms with van der Waals surface area (Å²) in [4.78, 5) is 40.0. The molecule has 0 N–H and O–H groups in total. The van der Waals surface area contributed by atoms with Crippen LogP contribution in [0.3, 0.4) is 0 Å². The van der Waals surface area contributed by atoms with Crippen LogP contribution in [0.4, 0.5) is 13.6 Å². The van der Waals surface area contributed by atoms with Crippen molar-refractivity contribution >= 4 is 18.0 Å². The first-order valence-electron chi connectivity index (χ1n) is 16.5. The van der Waals surface area contributed by atoms with Crippen LogP contribution in [0, 0.1) is 22.7 Å². The number of nitrogens with zero attached hydrogens (tertiary/aromatic N) is 2. The number of benzene rings is 2. The Bertz CT molecular complexity index is 1340. The summed E-state index contributed by atoms with van der Waals surface area (Å²) in [6, 6.07) is 19.6. The summed E-state index contributed by atoms with van der Waals surface area (Å²) in [5.41, 5.74) is 0.768. The monoisotopic (exact) mass is 640 g/mol. The molecule has 2 saturated heterocycles. The van der Waals surface area contributed by atoms with Crippen LogP contribution in [0.5, 0.6) is 0 Å². The van der Waals surface area contributed by atoms with Gasteiger partial charge in [0.2, 0.25) is 0 Å². The van der Waals surface area contributed by atoms with Crippen molar-refractivity contribution < 1.29 is 37.4 Å². The van der Waals surface area contributed by atoms with Crippen LogP contribution < -0.4 is 0 Å². The average molecular weight is 641 g/mol. The van der Waals surface area contributed by atoms with Gasteiger partial charge in [-0.15, -0.1) is 0 Å². The first-order chi connectivity index (χ1) is 22.1. The normalized spacial score (nSPS) is 26.3. The molecule has 6 rings (SSSR count). The molecule has 46 heavy (non-hydrogen) atoms. The van der Waals surface area contributed by atoms with Gasteiger partial charge in [-0.25, -0.2) is 13.6 Å². The molecule has 8 nitrogen and oxygen atoms in total. The zero-order chi connectivity index (χ0) is 32.9. The van der Waals surface area contributed by atoms with Crippen LogP contribution in [0.1, 0.15) is 63.6 Å². The van der Waals surface area contributed by atoms with E-state index >= 15 is 0 Å². The number of rotatable bonds is 10. The summed E-state index contributed by atoms with van der Waals surface area (Å²) in [5.74, 6) is -1.26. The Labute approximate surface area is 270 Å². The molecule has 0 aromatic heterocycles. The van der Waals surface area contributed by atoms with Crippen molar-refractivity contribution in [2.45, 2.75) is 71.4 Å². The fourth-order valence-corrected chi connectivity index (χ4v) is 7.09. The third kappa shape index (κ3) is 7.22. The molecule has 2 aromatic carbocycles. The maximum atomic E-state index is 14.6. The highest BCUT2D eigenvalue weighted by molar-refractivity contribution is 5.81. The van der Waals surface area contributed by atoms with Crippen LogP contribution in [0.25, 0.3) is 0 Å². The van der Waals surface area contributed by atoms with Crippen molar-refractivity contribution in [1.29, 1.82) is 0 Å². The van der Waals surface area contributed by atoms with E-state index in [0.717, 1.165) is 18.4 Å². The second-order valence-corrected chi connectivity index (χ2v) is 13.0. The van der Waals surface area contributed by atoms with Gasteiger partial charge in [-0.05, 0) is 57.6 Å². The minimum atomic E-state index is -1.22. The standard InChI is InChI=1S/C18H22FNO4.C18H24FNO2/c1-2-23-16(21)18(8-9-18)14-10-20(11-15(14)19)17(22)24-12-13-6-4-3-5-7-13;1-3-22-17(21)18(9-10-18)15-11-20(12-16(15)19)13(2)14-7-5-4-6-8-14/h3-7,14-15H,2,8-12H2,1H3;4-8,13,15-16H,3,9-12H2,1-2H3/t14-,15-;13-,15-,16-/m00/s1. The van der Waals surface area contributed by atoms with Crippen molar-refractivity contribution in [2.24, 2.45) is 22.7 Å². The van der Waals surface area contributed by atoms with Crippen LogP contribution in [-0.4, -0.2) is 79.6 Å². The van der Waals surface area contributed by atoms with E-state index < -0.39 is 35.2 Å². The topological polar surface area (TPSA) is 85.4 Å². The Morgan fingerprint density at radius 3 is 1.76 bits per heavy atom. The molecule has 2 heterocycles. The van der Waals surface area contributed by atoms with Gasteiger partial charge in [0.1, 0.15) is 19.0 Å². The van der Waals surface area contributed by atoms with Crippen molar-refractivity contribution in [3.05, 3.63) is 71.8 Å². The SMILES string of the molecule is CCOC(=O)C1([C@H]2CN(C(=O)OCc3ccccc3)C[C@@H]2F)CC1.CCOC(=O)C1([C@H]2CN([C@@H](C)c3ccccc3)C[C@@H]2F)CC1. The summed E-state index contributed by atoms with van der Waals surface area (Å²) >= 11 is 0. The predicted molar refractivity (Wildman–Crippen MR) is 168 cm³/mol. The molecule has 10 heteroatoms. The van der Waals surface area contributed by atoms with E-state index in [-0.39, 0.29) is 50.2 Å². The van der Waals surface area contributed by atoms with Crippen molar-refractivity contribution in [3.63, 3.8) is 0 Å². The van der Waals surface area contributed by atoms with E-state index in [2.05, 4.69) is 24.0 Å².